The summed E-state index contributed by atoms with van der Waals surface area (Å²) in [5, 5.41) is 9.35. The Morgan fingerprint density at radius 1 is 1.03 bits per heavy atom. The average Bonchev–Trinajstić information content (AvgIpc) is 3.44. The molecule has 31 heavy (non-hydrogen) atoms. The third-order valence-corrected chi connectivity index (χ3v) is 6.81. The van der Waals surface area contributed by atoms with E-state index in [2.05, 4.69) is 15.3 Å². The number of piperidine rings is 1. The lowest BCUT2D eigenvalue weighted by atomic mass is 10.0. The monoisotopic (exact) mass is 420 g/mol. The zero-order valence-electron chi connectivity index (χ0n) is 18.0. The van der Waals surface area contributed by atoms with Crippen LogP contribution in [0.25, 0.3) is 16.5 Å². The molecule has 3 aromatic rings. The fourth-order valence-electron chi connectivity index (χ4n) is 5.15. The average molecular weight is 421 g/mol. The first-order chi connectivity index (χ1) is 15.1. The number of aryl methyl sites for hydroxylation is 1. The van der Waals surface area contributed by atoms with Crippen LogP contribution in [0.5, 0.6) is 0 Å². The number of hydrogen-bond donors (Lipinski definition) is 1. The molecule has 0 radical (unpaired) electrons. The molecule has 2 fully saturated rings. The number of benzene rings is 2. The highest BCUT2D eigenvalue weighted by atomic mass is 19.1. The fourth-order valence-corrected chi connectivity index (χ4v) is 5.15. The number of hydrogen-bond acceptors (Lipinski definition) is 3. The molecular weight excluding hydrogens is 391 g/mol. The quantitative estimate of drug-likeness (QED) is 0.671. The first-order valence-electron chi connectivity index (χ1n) is 11.4. The van der Waals surface area contributed by atoms with E-state index in [1.54, 1.807) is 12.1 Å². The number of fused-ring (bicyclic) bond motifs is 1. The standard InChI is InChI=1S/C25H29FN4O/c1-17-14-24(25(31)27-20-10-12-29(13-11-20)21-8-4-5-9-21)30(28-17)23-16-19-7-3-2-6-18(19)15-22(23)26/h2-3,6-7,14-16,20-21H,4-5,8-13H2,1H3,(H,27,31). The summed E-state index contributed by atoms with van der Waals surface area (Å²) >= 11 is 0. The van der Waals surface area contributed by atoms with Crippen LogP contribution in [0.1, 0.15) is 54.7 Å². The van der Waals surface area contributed by atoms with Gasteiger partial charge in [0.1, 0.15) is 17.2 Å². The van der Waals surface area contributed by atoms with Gasteiger partial charge in [0.2, 0.25) is 0 Å². The number of nitrogens with one attached hydrogen (secondary N) is 1. The minimum Gasteiger partial charge on any atom is -0.348 e. The van der Waals surface area contributed by atoms with Crippen LogP contribution >= 0.6 is 0 Å². The maximum absolute atomic E-state index is 14.9. The van der Waals surface area contributed by atoms with E-state index in [1.807, 2.05) is 31.2 Å². The molecule has 2 heterocycles. The smallest absolute Gasteiger partial charge is 0.270 e. The predicted octanol–water partition coefficient (Wildman–Crippen LogP) is 4.61. The number of likely N-dealkylation sites (tertiary alicyclic amines) is 1. The molecule has 5 rings (SSSR count). The molecule has 1 saturated carbocycles. The van der Waals surface area contributed by atoms with Gasteiger partial charge in [0, 0.05) is 25.2 Å². The van der Waals surface area contributed by atoms with Gasteiger partial charge in [-0.05, 0) is 61.6 Å². The number of rotatable bonds is 4. The lowest BCUT2D eigenvalue weighted by Gasteiger charge is -2.36. The van der Waals surface area contributed by atoms with Crippen molar-refractivity contribution in [1.82, 2.24) is 20.0 Å². The molecule has 1 N–H and O–H groups in total. The predicted molar refractivity (Wildman–Crippen MR) is 120 cm³/mol. The summed E-state index contributed by atoms with van der Waals surface area (Å²) in [4.78, 5) is 15.7. The van der Waals surface area contributed by atoms with Gasteiger partial charge in [0.05, 0.1) is 5.69 Å². The third-order valence-electron chi connectivity index (χ3n) is 6.81. The Balaban J connectivity index is 1.34. The van der Waals surface area contributed by atoms with Crippen molar-refractivity contribution in [3.63, 3.8) is 0 Å². The molecule has 0 spiro atoms. The largest absolute Gasteiger partial charge is 0.348 e. The van der Waals surface area contributed by atoms with E-state index in [4.69, 9.17) is 0 Å². The Morgan fingerprint density at radius 3 is 2.42 bits per heavy atom. The van der Waals surface area contributed by atoms with Gasteiger partial charge in [-0.25, -0.2) is 9.07 Å². The topological polar surface area (TPSA) is 50.2 Å². The van der Waals surface area contributed by atoms with Gasteiger partial charge in [-0.3, -0.25) is 4.79 Å². The molecule has 162 valence electrons. The van der Waals surface area contributed by atoms with E-state index in [1.165, 1.54) is 36.4 Å². The van der Waals surface area contributed by atoms with Crippen LogP contribution in [-0.4, -0.2) is 45.8 Å². The number of amides is 1. The minimum absolute atomic E-state index is 0.148. The van der Waals surface area contributed by atoms with E-state index < -0.39 is 0 Å². The van der Waals surface area contributed by atoms with Gasteiger partial charge in [-0.1, -0.05) is 37.1 Å². The van der Waals surface area contributed by atoms with Crippen molar-refractivity contribution in [1.29, 1.82) is 0 Å². The van der Waals surface area contributed by atoms with Crippen molar-refractivity contribution in [3.8, 4) is 5.69 Å². The highest BCUT2D eigenvalue weighted by Crippen LogP contribution is 2.27. The van der Waals surface area contributed by atoms with Crippen molar-refractivity contribution in [2.45, 2.75) is 57.5 Å². The van der Waals surface area contributed by atoms with Crippen molar-refractivity contribution in [2.75, 3.05) is 13.1 Å². The summed E-state index contributed by atoms with van der Waals surface area (Å²) in [6.45, 7) is 3.90. The van der Waals surface area contributed by atoms with E-state index in [9.17, 15) is 9.18 Å². The first kappa shape index (κ1) is 20.2. The number of carbonyl (C=O) groups is 1. The van der Waals surface area contributed by atoms with Crippen LogP contribution in [0.4, 0.5) is 4.39 Å². The lowest BCUT2D eigenvalue weighted by molar-refractivity contribution is 0.0885. The summed E-state index contributed by atoms with van der Waals surface area (Å²) in [7, 11) is 0. The van der Waals surface area contributed by atoms with E-state index in [0.717, 1.165) is 42.7 Å². The van der Waals surface area contributed by atoms with Crippen LogP contribution in [-0.2, 0) is 0 Å². The summed E-state index contributed by atoms with van der Waals surface area (Å²) < 4.78 is 16.4. The maximum atomic E-state index is 14.9. The van der Waals surface area contributed by atoms with Crippen LogP contribution in [0.3, 0.4) is 0 Å². The zero-order valence-corrected chi connectivity index (χ0v) is 18.0. The molecule has 2 aromatic carbocycles. The third kappa shape index (κ3) is 4.09. The molecule has 0 unspecified atom stereocenters. The molecule has 1 aliphatic carbocycles. The SMILES string of the molecule is Cc1cc(C(=O)NC2CCN(C3CCCC3)CC2)n(-c2cc3ccccc3cc2F)n1. The molecule has 1 amide bonds. The Morgan fingerprint density at radius 2 is 1.71 bits per heavy atom. The highest BCUT2D eigenvalue weighted by molar-refractivity contribution is 5.94. The Bertz CT molecular complexity index is 1090. The van der Waals surface area contributed by atoms with Crippen LogP contribution in [0, 0.1) is 12.7 Å². The molecule has 1 aromatic heterocycles. The van der Waals surface area contributed by atoms with Gasteiger partial charge in [0.15, 0.2) is 0 Å². The maximum Gasteiger partial charge on any atom is 0.270 e. The number of aromatic nitrogens is 2. The lowest BCUT2D eigenvalue weighted by Crippen LogP contribution is -2.47. The van der Waals surface area contributed by atoms with Crippen molar-refractivity contribution in [2.24, 2.45) is 0 Å². The van der Waals surface area contributed by atoms with Crippen LogP contribution < -0.4 is 5.32 Å². The van der Waals surface area contributed by atoms with Gasteiger partial charge in [-0.2, -0.15) is 5.10 Å². The second-order valence-corrected chi connectivity index (χ2v) is 8.96. The molecule has 5 nitrogen and oxygen atoms in total. The van der Waals surface area contributed by atoms with Gasteiger partial charge < -0.3 is 10.2 Å². The van der Waals surface area contributed by atoms with E-state index in [0.29, 0.717) is 17.1 Å². The van der Waals surface area contributed by atoms with Gasteiger partial charge in [-0.15, -0.1) is 0 Å². The van der Waals surface area contributed by atoms with Crippen molar-refractivity contribution < 1.29 is 9.18 Å². The zero-order chi connectivity index (χ0) is 21.4. The second kappa shape index (κ2) is 8.42. The molecule has 0 bridgehead atoms. The molecule has 1 saturated heterocycles. The summed E-state index contributed by atoms with van der Waals surface area (Å²) in [5.74, 6) is -0.576. The molecule has 0 atom stereocenters. The Kier molecular flexibility index (Phi) is 5.48. The highest BCUT2D eigenvalue weighted by Gasteiger charge is 2.28. The van der Waals surface area contributed by atoms with Crippen LogP contribution in [0.2, 0.25) is 0 Å². The van der Waals surface area contributed by atoms with Gasteiger partial charge >= 0.3 is 0 Å². The Hall–Kier alpha value is -2.73. The molecule has 1 aliphatic heterocycles. The summed E-state index contributed by atoms with van der Waals surface area (Å²) in [6.07, 6.45) is 7.23. The number of carbonyl (C=O) groups excluding carboxylic acids is 1. The van der Waals surface area contributed by atoms with Crippen LogP contribution in [0.15, 0.2) is 42.5 Å². The summed E-state index contributed by atoms with van der Waals surface area (Å²) in [5.41, 5.74) is 1.37. The van der Waals surface area contributed by atoms with Crippen molar-refractivity contribution >= 4 is 16.7 Å². The number of halogens is 1. The van der Waals surface area contributed by atoms with Gasteiger partial charge in [0.25, 0.3) is 5.91 Å². The molecular formula is C25H29FN4O. The van der Waals surface area contributed by atoms with Crippen molar-refractivity contribution in [3.05, 3.63) is 59.7 Å². The minimum atomic E-state index is -0.388. The second-order valence-electron chi connectivity index (χ2n) is 8.96. The van der Waals surface area contributed by atoms with E-state index >= 15 is 0 Å². The molecule has 2 aliphatic rings. The normalized spacial score (nSPS) is 18.6. The number of nitrogens with zero attached hydrogens (tertiary/aromatic N) is 3. The fraction of sp³-hybridized carbons (Fsp3) is 0.440. The summed E-state index contributed by atoms with van der Waals surface area (Å²) in [6, 6.07) is 13.5. The first-order valence-corrected chi connectivity index (χ1v) is 11.4. The van der Waals surface area contributed by atoms with E-state index in [-0.39, 0.29) is 17.8 Å². The Labute approximate surface area is 182 Å². The molecule has 6 heteroatoms.